The van der Waals surface area contributed by atoms with Gasteiger partial charge in [0, 0.05) is 12.6 Å². The van der Waals surface area contributed by atoms with Gasteiger partial charge in [-0.1, -0.05) is 19.1 Å². The molecule has 0 aromatic heterocycles. The molecule has 0 saturated carbocycles. The van der Waals surface area contributed by atoms with Gasteiger partial charge in [-0.15, -0.1) is 0 Å². The number of hydrogen-bond acceptors (Lipinski definition) is 5. The van der Waals surface area contributed by atoms with Crippen molar-refractivity contribution in [2.24, 2.45) is 5.92 Å². The average Bonchev–Trinajstić information content (AvgIpc) is 2.35. The Morgan fingerprint density at radius 2 is 2.18 bits per heavy atom. The largest absolute Gasteiger partial charge is 0.469 e. The van der Waals surface area contributed by atoms with Crippen molar-refractivity contribution in [2.75, 3.05) is 19.0 Å². The zero-order chi connectivity index (χ0) is 12.8. The maximum atomic E-state index is 11.2. The van der Waals surface area contributed by atoms with Crippen molar-refractivity contribution in [1.29, 1.82) is 0 Å². The van der Waals surface area contributed by atoms with E-state index in [9.17, 15) is 14.9 Å². The van der Waals surface area contributed by atoms with Gasteiger partial charge < -0.3 is 10.1 Å². The SMILES string of the molecule is COC(=O)C(C)CNc1ccccc1[N+](=O)[O-]. The van der Waals surface area contributed by atoms with Crippen LogP contribution in [-0.2, 0) is 9.53 Å². The lowest BCUT2D eigenvalue weighted by Crippen LogP contribution is -2.21. The van der Waals surface area contributed by atoms with Gasteiger partial charge in [-0.3, -0.25) is 14.9 Å². The van der Waals surface area contributed by atoms with Gasteiger partial charge in [0.15, 0.2) is 0 Å². The van der Waals surface area contributed by atoms with Gasteiger partial charge in [-0.2, -0.15) is 0 Å². The number of esters is 1. The molecule has 1 unspecified atom stereocenters. The number of nitrogens with zero attached hydrogens (tertiary/aromatic N) is 1. The van der Waals surface area contributed by atoms with Crippen molar-refractivity contribution in [3.8, 4) is 0 Å². The number of benzene rings is 1. The Bertz CT molecular complexity index is 420. The molecule has 1 atom stereocenters. The summed E-state index contributed by atoms with van der Waals surface area (Å²) in [6.45, 7) is 1.98. The normalized spacial score (nSPS) is 11.6. The summed E-state index contributed by atoms with van der Waals surface area (Å²) in [7, 11) is 1.31. The van der Waals surface area contributed by atoms with Crippen LogP contribution in [0.25, 0.3) is 0 Å². The molecule has 0 bridgehead atoms. The third-order valence-electron chi connectivity index (χ3n) is 2.30. The summed E-state index contributed by atoms with van der Waals surface area (Å²) in [4.78, 5) is 21.4. The molecule has 0 aliphatic carbocycles. The quantitative estimate of drug-likeness (QED) is 0.480. The molecule has 1 aromatic rings. The Balaban J connectivity index is 2.69. The van der Waals surface area contributed by atoms with Crippen LogP contribution in [-0.4, -0.2) is 24.5 Å². The lowest BCUT2D eigenvalue weighted by molar-refractivity contribution is -0.384. The highest BCUT2D eigenvalue weighted by Gasteiger charge is 2.16. The first-order chi connectivity index (χ1) is 8.06. The summed E-state index contributed by atoms with van der Waals surface area (Å²) in [5.41, 5.74) is 0.387. The van der Waals surface area contributed by atoms with E-state index in [1.165, 1.54) is 13.2 Å². The molecule has 0 aliphatic heterocycles. The molecule has 0 amide bonds. The van der Waals surface area contributed by atoms with Gasteiger partial charge in [0.1, 0.15) is 5.69 Å². The number of nitrogens with one attached hydrogen (secondary N) is 1. The molecule has 1 rings (SSSR count). The maximum Gasteiger partial charge on any atom is 0.310 e. The smallest absolute Gasteiger partial charge is 0.310 e. The number of methoxy groups -OCH3 is 1. The van der Waals surface area contributed by atoms with Crippen LogP contribution in [0, 0.1) is 16.0 Å². The fourth-order valence-corrected chi connectivity index (χ4v) is 1.33. The van der Waals surface area contributed by atoms with Crippen molar-refractivity contribution in [1.82, 2.24) is 0 Å². The van der Waals surface area contributed by atoms with Gasteiger partial charge >= 0.3 is 5.97 Å². The fraction of sp³-hybridized carbons (Fsp3) is 0.364. The summed E-state index contributed by atoms with van der Waals surface area (Å²) >= 11 is 0. The van der Waals surface area contributed by atoms with E-state index in [1.54, 1.807) is 25.1 Å². The van der Waals surface area contributed by atoms with Gasteiger partial charge in [0.2, 0.25) is 0 Å². The number of nitro groups is 1. The number of ether oxygens (including phenoxy) is 1. The standard InChI is InChI=1S/C11H14N2O4/c1-8(11(14)17-2)7-12-9-5-3-4-6-10(9)13(15)16/h3-6,8,12H,7H2,1-2H3. The molecule has 1 N–H and O–H groups in total. The zero-order valence-electron chi connectivity index (χ0n) is 9.67. The summed E-state index contributed by atoms with van der Waals surface area (Å²) in [6, 6.07) is 6.29. The molecule has 1 aromatic carbocycles. The van der Waals surface area contributed by atoms with Crippen molar-refractivity contribution in [3.63, 3.8) is 0 Å². The molecule has 0 aliphatic rings. The lowest BCUT2D eigenvalue weighted by atomic mass is 10.2. The highest BCUT2D eigenvalue weighted by molar-refractivity contribution is 5.73. The topological polar surface area (TPSA) is 81.5 Å². The summed E-state index contributed by atoms with van der Waals surface area (Å²) in [6.07, 6.45) is 0. The van der Waals surface area contributed by atoms with Gasteiger partial charge in [-0.25, -0.2) is 0 Å². The van der Waals surface area contributed by atoms with Crippen molar-refractivity contribution in [2.45, 2.75) is 6.92 Å². The van der Waals surface area contributed by atoms with Crippen LogP contribution in [0.5, 0.6) is 0 Å². The van der Waals surface area contributed by atoms with E-state index in [1.807, 2.05) is 0 Å². The minimum Gasteiger partial charge on any atom is -0.469 e. The lowest BCUT2D eigenvalue weighted by Gasteiger charge is -2.11. The number of anilines is 1. The molecular weight excluding hydrogens is 224 g/mol. The molecule has 0 radical (unpaired) electrons. The van der Waals surface area contributed by atoms with Crippen LogP contribution in [0.3, 0.4) is 0 Å². The first-order valence-corrected chi connectivity index (χ1v) is 5.11. The third-order valence-corrected chi connectivity index (χ3v) is 2.30. The number of nitro benzene ring substituents is 1. The van der Waals surface area contributed by atoms with Crippen LogP contribution in [0.1, 0.15) is 6.92 Å². The number of hydrogen-bond donors (Lipinski definition) is 1. The fourth-order valence-electron chi connectivity index (χ4n) is 1.33. The maximum absolute atomic E-state index is 11.2. The Kier molecular flexibility index (Phi) is 4.45. The van der Waals surface area contributed by atoms with Crippen molar-refractivity contribution >= 4 is 17.3 Å². The number of carbonyl (C=O) groups is 1. The molecular formula is C11H14N2O4. The van der Waals surface area contributed by atoms with E-state index in [0.29, 0.717) is 5.69 Å². The van der Waals surface area contributed by atoms with E-state index in [2.05, 4.69) is 10.1 Å². The average molecular weight is 238 g/mol. The van der Waals surface area contributed by atoms with Gasteiger partial charge in [0.25, 0.3) is 5.69 Å². The van der Waals surface area contributed by atoms with Crippen LogP contribution in [0.15, 0.2) is 24.3 Å². The monoisotopic (exact) mass is 238 g/mol. The Hall–Kier alpha value is -2.11. The molecule has 6 nitrogen and oxygen atoms in total. The Labute approximate surface area is 98.7 Å². The summed E-state index contributed by atoms with van der Waals surface area (Å²) in [5.74, 6) is -0.712. The molecule has 0 fully saturated rings. The highest BCUT2D eigenvalue weighted by Crippen LogP contribution is 2.23. The van der Waals surface area contributed by atoms with Crippen molar-refractivity contribution < 1.29 is 14.5 Å². The Morgan fingerprint density at radius 1 is 1.53 bits per heavy atom. The molecule has 6 heteroatoms. The number of para-hydroxylation sites is 2. The van der Waals surface area contributed by atoms with E-state index < -0.39 is 4.92 Å². The molecule has 0 spiro atoms. The molecule has 0 heterocycles. The first kappa shape index (κ1) is 13.0. The molecule has 0 saturated heterocycles. The highest BCUT2D eigenvalue weighted by atomic mass is 16.6. The molecule has 17 heavy (non-hydrogen) atoms. The van der Waals surface area contributed by atoms with Crippen LogP contribution in [0.2, 0.25) is 0 Å². The third kappa shape index (κ3) is 3.44. The van der Waals surface area contributed by atoms with Crippen LogP contribution in [0.4, 0.5) is 11.4 Å². The summed E-state index contributed by atoms with van der Waals surface area (Å²) in [5, 5.41) is 13.6. The van der Waals surface area contributed by atoms with Gasteiger partial charge in [0.05, 0.1) is 18.0 Å². The minimum absolute atomic E-state index is 0.00966. The van der Waals surface area contributed by atoms with E-state index in [-0.39, 0.29) is 24.1 Å². The second kappa shape index (κ2) is 5.83. The molecule has 92 valence electrons. The minimum atomic E-state index is -0.467. The second-order valence-corrected chi connectivity index (χ2v) is 3.58. The van der Waals surface area contributed by atoms with E-state index >= 15 is 0 Å². The van der Waals surface area contributed by atoms with Gasteiger partial charge in [-0.05, 0) is 6.07 Å². The number of rotatable bonds is 5. The predicted octanol–water partition coefficient (Wildman–Crippen LogP) is 1.82. The van der Waals surface area contributed by atoms with E-state index in [4.69, 9.17) is 0 Å². The van der Waals surface area contributed by atoms with E-state index in [0.717, 1.165) is 0 Å². The Morgan fingerprint density at radius 3 is 2.76 bits per heavy atom. The number of carbonyl (C=O) groups excluding carboxylic acids is 1. The van der Waals surface area contributed by atoms with Crippen molar-refractivity contribution in [3.05, 3.63) is 34.4 Å². The van der Waals surface area contributed by atoms with Crippen LogP contribution < -0.4 is 5.32 Å². The zero-order valence-corrected chi connectivity index (χ0v) is 9.67. The summed E-state index contributed by atoms with van der Waals surface area (Å²) < 4.78 is 4.57. The predicted molar refractivity (Wildman–Crippen MR) is 62.8 cm³/mol. The van der Waals surface area contributed by atoms with Crippen LogP contribution >= 0.6 is 0 Å². The first-order valence-electron chi connectivity index (χ1n) is 5.11. The second-order valence-electron chi connectivity index (χ2n) is 3.58.